The van der Waals surface area contributed by atoms with Gasteiger partial charge in [0.1, 0.15) is 6.54 Å². The van der Waals surface area contributed by atoms with E-state index < -0.39 is 34.4 Å². The van der Waals surface area contributed by atoms with Crippen LogP contribution in [0.25, 0.3) is 10.9 Å². The third-order valence-electron chi connectivity index (χ3n) is 4.27. The number of benzene rings is 1. The Morgan fingerprint density at radius 2 is 2.08 bits per heavy atom. The highest BCUT2D eigenvalue weighted by atomic mass is 32.2. The fraction of sp³-hybridized carbons (Fsp3) is 0.412. The highest BCUT2D eigenvalue weighted by Crippen LogP contribution is 2.19. The Balaban J connectivity index is 1.52. The minimum atomic E-state index is -3.06. The number of para-hydroxylation sites is 1. The molecule has 1 N–H and O–H groups in total. The third kappa shape index (κ3) is 4.19. The summed E-state index contributed by atoms with van der Waals surface area (Å²) < 4.78 is 29.6. The number of ether oxygens (including phenoxy) is 1. The standard InChI is InChI=1S/C17H20N2O5S/c1-12-8-13-4-2-3-5-15(13)19(12)9-17(21)24-10-16(20)18-14-6-7-25(22,23)11-14/h2-5,8,14H,6-7,9-11H2,1H3,(H,18,20)/t14-/m0/s1. The number of hydrogen-bond acceptors (Lipinski definition) is 5. The number of hydrogen-bond donors (Lipinski definition) is 1. The number of fused-ring (bicyclic) bond motifs is 1. The first-order valence-corrected chi connectivity index (χ1v) is 9.86. The van der Waals surface area contributed by atoms with Crippen LogP contribution in [0.5, 0.6) is 0 Å². The van der Waals surface area contributed by atoms with Gasteiger partial charge in [-0.25, -0.2) is 8.42 Å². The van der Waals surface area contributed by atoms with Gasteiger partial charge in [0.25, 0.3) is 5.91 Å². The Hall–Kier alpha value is -2.35. The molecule has 0 radical (unpaired) electrons. The summed E-state index contributed by atoms with van der Waals surface area (Å²) in [5.41, 5.74) is 1.86. The zero-order valence-electron chi connectivity index (χ0n) is 13.9. The van der Waals surface area contributed by atoms with E-state index >= 15 is 0 Å². The zero-order valence-corrected chi connectivity index (χ0v) is 14.7. The molecule has 0 spiro atoms. The largest absolute Gasteiger partial charge is 0.454 e. The van der Waals surface area contributed by atoms with Crippen molar-refractivity contribution in [2.75, 3.05) is 18.1 Å². The molecule has 0 bridgehead atoms. The van der Waals surface area contributed by atoms with E-state index in [1.54, 1.807) is 0 Å². The molecule has 0 saturated carbocycles. The molecule has 1 fully saturated rings. The van der Waals surface area contributed by atoms with Crippen molar-refractivity contribution in [1.82, 2.24) is 9.88 Å². The zero-order chi connectivity index (χ0) is 18.0. The summed E-state index contributed by atoms with van der Waals surface area (Å²) in [6.07, 6.45) is 0.399. The van der Waals surface area contributed by atoms with E-state index in [1.807, 2.05) is 41.8 Å². The number of amides is 1. The number of rotatable bonds is 5. The molecule has 1 atom stereocenters. The van der Waals surface area contributed by atoms with Gasteiger partial charge >= 0.3 is 5.97 Å². The fourth-order valence-electron chi connectivity index (χ4n) is 3.06. The fourth-order valence-corrected chi connectivity index (χ4v) is 4.73. The third-order valence-corrected chi connectivity index (χ3v) is 6.03. The highest BCUT2D eigenvalue weighted by molar-refractivity contribution is 7.91. The quantitative estimate of drug-likeness (QED) is 0.792. The van der Waals surface area contributed by atoms with Gasteiger partial charge in [-0.3, -0.25) is 9.59 Å². The van der Waals surface area contributed by atoms with Crippen molar-refractivity contribution in [3.8, 4) is 0 Å². The first-order valence-electron chi connectivity index (χ1n) is 8.04. The Kier molecular flexibility index (Phi) is 4.80. The van der Waals surface area contributed by atoms with Crippen LogP contribution in [0.1, 0.15) is 12.1 Å². The normalized spacial score (nSPS) is 19.0. The number of esters is 1. The van der Waals surface area contributed by atoms with Crippen LogP contribution in [0.15, 0.2) is 30.3 Å². The summed E-state index contributed by atoms with van der Waals surface area (Å²) >= 11 is 0. The molecule has 1 saturated heterocycles. The average Bonchev–Trinajstić information content (AvgIpc) is 3.05. The molecule has 1 aromatic carbocycles. The SMILES string of the molecule is Cc1cc2ccccc2n1CC(=O)OCC(=O)N[C@H]1CCS(=O)(=O)C1. The lowest BCUT2D eigenvalue weighted by Gasteiger charge is -2.12. The molecule has 25 heavy (non-hydrogen) atoms. The van der Waals surface area contributed by atoms with Gasteiger partial charge in [-0.1, -0.05) is 18.2 Å². The van der Waals surface area contributed by atoms with Gasteiger partial charge in [-0.05, 0) is 30.9 Å². The van der Waals surface area contributed by atoms with Gasteiger partial charge in [0.2, 0.25) is 0 Å². The molecule has 1 aromatic heterocycles. The summed E-state index contributed by atoms with van der Waals surface area (Å²) in [6, 6.07) is 9.29. The molecule has 2 heterocycles. The molecule has 7 nitrogen and oxygen atoms in total. The van der Waals surface area contributed by atoms with Crippen molar-refractivity contribution in [3.05, 3.63) is 36.0 Å². The Labute approximate surface area is 145 Å². The predicted molar refractivity (Wildman–Crippen MR) is 92.8 cm³/mol. The van der Waals surface area contributed by atoms with Crippen molar-refractivity contribution >= 4 is 32.6 Å². The lowest BCUT2D eigenvalue weighted by atomic mass is 10.2. The van der Waals surface area contributed by atoms with Gasteiger partial charge in [0.05, 0.1) is 11.5 Å². The van der Waals surface area contributed by atoms with Crippen LogP contribution in [0.2, 0.25) is 0 Å². The Morgan fingerprint density at radius 3 is 2.80 bits per heavy atom. The first-order chi connectivity index (χ1) is 11.8. The van der Waals surface area contributed by atoms with E-state index in [-0.39, 0.29) is 18.1 Å². The van der Waals surface area contributed by atoms with Gasteiger partial charge < -0.3 is 14.6 Å². The number of aryl methyl sites for hydroxylation is 1. The van der Waals surface area contributed by atoms with Gasteiger partial charge in [0, 0.05) is 17.3 Å². The maximum Gasteiger partial charge on any atom is 0.326 e. The van der Waals surface area contributed by atoms with Crippen LogP contribution in [-0.4, -0.2) is 49.0 Å². The molecule has 2 aromatic rings. The maximum absolute atomic E-state index is 12.0. The summed E-state index contributed by atoms with van der Waals surface area (Å²) in [7, 11) is -3.06. The van der Waals surface area contributed by atoms with Crippen LogP contribution >= 0.6 is 0 Å². The Morgan fingerprint density at radius 1 is 1.32 bits per heavy atom. The minimum Gasteiger partial charge on any atom is -0.454 e. The molecule has 1 amide bonds. The molecule has 0 aliphatic carbocycles. The number of nitrogens with zero attached hydrogens (tertiary/aromatic N) is 1. The van der Waals surface area contributed by atoms with E-state index in [0.29, 0.717) is 6.42 Å². The number of carbonyl (C=O) groups is 2. The van der Waals surface area contributed by atoms with Crippen molar-refractivity contribution in [2.24, 2.45) is 0 Å². The first kappa shape index (κ1) is 17.5. The monoisotopic (exact) mass is 364 g/mol. The van der Waals surface area contributed by atoms with Crippen molar-refractivity contribution < 1.29 is 22.7 Å². The second-order valence-corrected chi connectivity index (χ2v) is 8.49. The van der Waals surface area contributed by atoms with Crippen LogP contribution < -0.4 is 5.32 Å². The second-order valence-electron chi connectivity index (χ2n) is 6.26. The topological polar surface area (TPSA) is 94.5 Å². The lowest BCUT2D eigenvalue weighted by molar-refractivity contribution is -0.149. The summed E-state index contributed by atoms with van der Waals surface area (Å²) in [4.78, 5) is 23.8. The molecule has 1 aliphatic rings. The molecular weight excluding hydrogens is 344 g/mol. The average molecular weight is 364 g/mol. The number of sulfone groups is 1. The number of nitrogens with one attached hydrogen (secondary N) is 1. The number of aromatic nitrogens is 1. The summed E-state index contributed by atoms with van der Waals surface area (Å²) in [5.74, 6) is -0.970. The highest BCUT2D eigenvalue weighted by Gasteiger charge is 2.29. The molecule has 134 valence electrons. The van der Waals surface area contributed by atoms with E-state index in [4.69, 9.17) is 4.74 Å². The smallest absolute Gasteiger partial charge is 0.326 e. The van der Waals surface area contributed by atoms with Crippen molar-refractivity contribution in [2.45, 2.75) is 25.9 Å². The van der Waals surface area contributed by atoms with Crippen molar-refractivity contribution in [1.29, 1.82) is 0 Å². The van der Waals surface area contributed by atoms with Crippen LogP contribution in [0, 0.1) is 6.92 Å². The van der Waals surface area contributed by atoms with Crippen LogP contribution in [0.4, 0.5) is 0 Å². The van der Waals surface area contributed by atoms with Gasteiger partial charge in [-0.15, -0.1) is 0 Å². The molecule has 0 unspecified atom stereocenters. The van der Waals surface area contributed by atoms with E-state index in [2.05, 4.69) is 5.32 Å². The molecule has 1 aliphatic heterocycles. The molecule has 3 rings (SSSR count). The Bertz CT molecular complexity index is 916. The second kappa shape index (κ2) is 6.87. The minimum absolute atomic E-state index is 0.0183. The lowest BCUT2D eigenvalue weighted by Crippen LogP contribution is -2.38. The van der Waals surface area contributed by atoms with Crippen LogP contribution in [0.3, 0.4) is 0 Å². The van der Waals surface area contributed by atoms with Gasteiger partial charge in [-0.2, -0.15) is 0 Å². The van der Waals surface area contributed by atoms with Gasteiger partial charge in [0.15, 0.2) is 16.4 Å². The van der Waals surface area contributed by atoms with E-state index in [9.17, 15) is 18.0 Å². The van der Waals surface area contributed by atoms with Crippen molar-refractivity contribution in [3.63, 3.8) is 0 Å². The maximum atomic E-state index is 12.0. The summed E-state index contributed by atoms with van der Waals surface area (Å²) in [5, 5.41) is 3.62. The van der Waals surface area contributed by atoms with E-state index in [0.717, 1.165) is 16.6 Å². The number of carbonyl (C=O) groups excluding carboxylic acids is 2. The molecule has 8 heteroatoms. The van der Waals surface area contributed by atoms with Crippen LogP contribution in [-0.2, 0) is 30.7 Å². The molecular formula is C17H20N2O5S. The predicted octanol–water partition coefficient (Wildman–Crippen LogP) is 0.796. The van der Waals surface area contributed by atoms with E-state index in [1.165, 1.54) is 0 Å². The summed E-state index contributed by atoms with van der Waals surface area (Å²) in [6.45, 7) is 1.51.